The Morgan fingerprint density at radius 3 is 1.37 bits per heavy atom. The summed E-state index contributed by atoms with van der Waals surface area (Å²) in [5, 5.41) is 0. The number of hydrogen-bond acceptors (Lipinski definition) is 6. The molecule has 0 fully saturated rings. The Morgan fingerprint density at radius 1 is 0.667 bits per heavy atom. The van der Waals surface area contributed by atoms with E-state index in [4.69, 9.17) is 18.9 Å². The molecule has 0 N–H and O–H groups in total. The van der Waals surface area contributed by atoms with Gasteiger partial charge >= 0.3 is 11.9 Å². The standard InChI is InChI=1S/C21H40O6/c1-16(12-14-24-5)18(3)26-20(22)10-8-7-9-11-21(23)27-19(4)17(2)13-15-25-6/h16-19H,7-15H2,1-6H3. The summed E-state index contributed by atoms with van der Waals surface area (Å²) in [7, 11) is 3.34. The smallest absolute Gasteiger partial charge is 0.306 e. The van der Waals surface area contributed by atoms with E-state index in [1.54, 1.807) is 14.2 Å². The number of methoxy groups -OCH3 is 2. The van der Waals surface area contributed by atoms with E-state index < -0.39 is 0 Å². The normalized spacial score (nSPS) is 15.6. The zero-order valence-electron chi connectivity index (χ0n) is 18.1. The quantitative estimate of drug-likeness (QED) is 0.292. The van der Waals surface area contributed by atoms with E-state index in [0.29, 0.717) is 26.1 Å². The second-order valence-electron chi connectivity index (χ2n) is 7.47. The second-order valence-corrected chi connectivity index (χ2v) is 7.47. The lowest BCUT2D eigenvalue weighted by molar-refractivity contribution is -0.151. The molecule has 0 bridgehead atoms. The van der Waals surface area contributed by atoms with E-state index in [2.05, 4.69) is 13.8 Å². The zero-order valence-corrected chi connectivity index (χ0v) is 18.1. The summed E-state index contributed by atoms with van der Waals surface area (Å²) in [6.07, 6.45) is 4.57. The molecule has 0 heterocycles. The molecule has 6 nitrogen and oxygen atoms in total. The summed E-state index contributed by atoms with van der Waals surface area (Å²) >= 11 is 0. The van der Waals surface area contributed by atoms with Crippen LogP contribution in [0.25, 0.3) is 0 Å². The minimum atomic E-state index is -0.171. The molecule has 0 aromatic rings. The van der Waals surface area contributed by atoms with Crippen molar-refractivity contribution in [3.05, 3.63) is 0 Å². The lowest BCUT2D eigenvalue weighted by Crippen LogP contribution is -2.23. The van der Waals surface area contributed by atoms with Crippen molar-refractivity contribution in [2.75, 3.05) is 27.4 Å². The maximum absolute atomic E-state index is 11.9. The fourth-order valence-electron chi connectivity index (χ4n) is 2.56. The zero-order chi connectivity index (χ0) is 20.7. The number of esters is 2. The topological polar surface area (TPSA) is 71.1 Å². The first-order valence-electron chi connectivity index (χ1n) is 10.2. The van der Waals surface area contributed by atoms with Gasteiger partial charge in [-0.2, -0.15) is 0 Å². The predicted molar refractivity (Wildman–Crippen MR) is 106 cm³/mol. The van der Waals surface area contributed by atoms with Gasteiger partial charge in [-0.3, -0.25) is 9.59 Å². The molecule has 6 heteroatoms. The third-order valence-electron chi connectivity index (χ3n) is 5.05. The molecule has 0 saturated carbocycles. The number of carbonyl (C=O) groups excluding carboxylic acids is 2. The average molecular weight is 389 g/mol. The lowest BCUT2D eigenvalue weighted by Gasteiger charge is -2.20. The van der Waals surface area contributed by atoms with Gasteiger partial charge in [0.1, 0.15) is 12.2 Å². The molecule has 4 unspecified atom stereocenters. The van der Waals surface area contributed by atoms with E-state index in [-0.39, 0.29) is 36.0 Å². The van der Waals surface area contributed by atoms with E-state index in [9.17, 15) is 9.59 Å². The Labute approximate surface area is 165 Å². The molecule has 0 aromatic carbocycles. The molecular weight excluding hydrogens is 348 g/mol. The van der Waals surface area contributed by atoms with Crippen LogP contribution in [0.3, 0.4) is 0 Å². The van der Waals surface area contributed by atoms with Crippen molar-refractivity contribution in [2.24, 2.45) is 11.8 Å². The summed E-state index contributed by atoms with van der Waals surface area (Å²) in [4.78, 5) is 23.8. The Balaban J connectivity index is 3.80. The SMILES string of the molecule is COCCC(C)C(C)OC(=O)CCCCCC(=O)OC(C)C(C)CCOC. The maximum atomic E-state index is 11.9. The van der Waals surface area contributed by atoms with Crippen LogP contribution < -0.4 is 0 Å². The molecule has 0 aliphatic carbocycles. The number of ether oxygens (including phenoxy) is 4. The van der Waals surface area contributed by atoms with Crippen LogP contribution >= 0.6 is 0 Å². The third-order valence-corrected chi connectivity index (χ3v) is 5.05. The van der Waals surface area contributed by atoms with Gasteiger partial charge in [0, 0.05) is 40.3 Å². The largest absolute Gasteiger partial charge is 0.462 e. The first kappa shape index (κ1) is 25.9. The minimum absolute atomic E-state index is 0.107. The van der Waals surface area contributed by atoms with E-state index in [1.165, 1.54) is 0 Å². The highest BCUT2D eigenvalue weighted by molar-refractivity contribution is 5.70. The summed E-state index contributed by atoms with van der Waals surface area (Å²) < 4.78 is 21.0. The van der Waals surface area contributed by atoms with Crippen molar-refractivity contribution in [1.29, 1.82) is 0 Å². The van der Waals surface area contributed by atoms with E-state index in [0.717, 1.165) is 32.1 Å². The molecule has 0 aliphatic rings. The first-order chi connectivity index (χ1) is 12.8. The van der Waals surface area contributed by atoms with Crippen LogP contribution in [-0.2, 0) is 28.5 Å². The van der Waals surface area contributed by atoms with Crippen molar-refractivity contribution in [3.63, 3.8) is 0 Å². The van der Waals surface area contributed by atoms with E-state index in [1.807, 2.05) is 13.8 Å². The molecule has 0 aliphatic heterocycles. The van der Waals surface area contributed by atoms with Crippen LogP contribution in [-0.4, -0.2) is 51.6 Å². The summed E-state index contributed by atoms with van der Waals surface area (Å²) in [5.41, 5.74) is 0. The maximum Gasteiger partial charge on any atom is 0.306 e. The van der Waals surface area contributed by atoms with Crippen molar-refractivity contribution < 1.29 is 28.5 Å². The van der Waals surface area contributed by atoms with Crippen LogP contribution in [0.1, 0.15) is 72.6 Å². The molecule has 27 heavy (non-hydrogen) atoms. The van der Waals surface area contributed by atoms with Crippen LogP contribution in [0.5, 0.6) is 0 Å². The van der Waals surface area contributed by atoms with Gasteiger partial charge in [0.15, 0.2) is 0 Å². The molecule has 160 valence electrons. The summed E-state index contributed by atoms with van der Waals surface area (Å²) in [6, 6.07) is 0. The van der Waals surface area contributed by atoms with Crippen LogP contribution in [0.15, 0.2) is 0 Å². The lowest BCUT2D eigenvalue weighted by atomic mass is 10.0. The Bertz CT molecular complexity index is 362. The van der Waals surface area contributed by atoms with Gasteiger partial charge in [-0.25, -0.2) is 0 Å². The summed E-state index contributed by atoms with van der Waals surface area (Å²) in [5.74, 6) is 0.207. The molecule has 0 saturated heterocycles. The number of carbonyl (C=O) groups is 2. The molecule has 0 spiro atoms. The van der Waals surface area contributed by atoms with Gasteiger partial charge in [-0.15, -0.1) is 0 Å². The summed E-state index contributed by atoms with van der Waals surface area (Å²) in [6.45, 7) is 9.29. The Kier molecular flexibility index (Phi) is 15.2. The fraction of sp³-hybridized carbons (Fsp3) is 0.905. The molecule has 0 aromatic heterocycles. The van der Waals surface area contributed by atoms with Crippen molar-refractivity contribution in [1.82, 2.24) is 0 Å². The number of rotatable bonds is 16. The molecule has 0 rings (SSSR count). The van der Waals surface area contributed by atoms with Crippen molar-refractivity contribution in [2.45, 2.75) is 84.8 Å². The minimum Gasteiger partial charge on any atom is -0.462 e. The number of unbranched alkanes of at least 4 members (excludes halogenated alkanes) is 2. The molecule has 0 radical (unpaired) electrons. The van der Waals surface area contributed by atoms with Crippen LogP contribution in [0.4, 0.5) is 0 Å². The second kappa shape index (κ2) is 15.9. The van der Waals surface area contributed by atoms with Gasteiger partial charge in [0.2, 0.25) is 0 Å². The predicted octanol–water partition coefficient (Wildman–Crippen LogP) is 4.15. The highest BCUT2D eigenvalue weighted by Crippen LogP contribution is 2.15. The van der Waals surface area contributed by atoms with Gasteiger partial charge in [0.05, 0.1) is 0 Å². The van der Waals surface area contributed by atoms with Gasteiger partial charge < -0.3 is 18.9 Å². The first-order valence-corrected chi connectivity index (χ1v) is 10.2. The highest BCUT2D eigenvalue weighted by Gasteiger charge is 2.18. The van der Waals surface area contributed by atoms with Gasteiger partial charge in [-0.1, -0.05) is 20.3 Å². The van der Waals surface area contributed by atoms with Gasteiger partial charge in [-0.05, 0) is 51.4 Å². The van der Waals surface area contributed by atoms with E-state index >= 15 is 0 Å². The van der Waals surface area contributed by atoms with Crippen molar-refractivity contribution in [3.8, 4) is 0 Å². The van der Waals surface area contributed by atoms with Crippen molar-refractivity contribution >= 4 is 11.9 Å². The monoisotopic (exact) mass is 388 g/mol. The van der Waals surface area contributed by atoms with Gasteiger partial charge in [0.25, 0.3) is 0 Å². The number of hydrogen-bond donors (Lipinski definition) is 0. The average Bonchev–Trinajstić information content (AvgIpc) is 2.63. The Morgan fingerprint density at radius 2 is 1.04 bits per heavy atom. The third kappa shape index (κ3) is 13.6. The van der Waals surface area contributed by atoms with Crippen LogP contribution in [0.2, 0.25) is 0 Å². The molecule has 0 amide bonds. The molecule has 4 atom stereocenters. The molecular formula is C21H40O6. The highest BCUT2D eigenvalue weighted by atomic mass is 16.5. The Hall–Kier alpha value is -1.14. The fourth-order valence-corrected chi connectivity index (χ4v) is 2.56. The van der Waals surface area contributed by atoms with Crippen LogP contribution in [0, 0.1) is 11.8 Å².